The summed E-state index contributed by atoms with van der Waals surface area (Å²) in [4.78, 5) is 10.1. The van der Waals surface area contributed by atoms with Gasteiger partial charge in [-0.3, -0.25) is 10.1 Å². The summed E-state index contributed by atoms with van der Waals surface area (Å²) in [6.07, 6.45) is 4.43. The van der Waals surface area contributed by atoms with Crippen molar-refractivity contribution in [3.05, 3.63) is 34.1 Å². The van der Waals surface area contributed by atoms with Crippen molar-refractivity contribution >= 4 is 11.4 Å². The molecule has 2 unspecified atom stereocenters. The first-order valence-electron chi connectivity index (χ1n) is 6.30. The zero-order valence-electron chi connectivity index (χ0n) is 10.4. The van der Waals surface area contributed by atoms with Crippen molar-refractivity contribution in [3.63, 3.8) is 0 Å². The molecule has 0 radical (unpaired) electrons. The molecule has 5 heteroatoms. The average molecular weight is 252 g/mol. The molecule has 1 N–H and O–H groups in total. The van der Waals surface area contributed by atoms with Crippen molar-refractivity contribution in [1.82, 2.24) is 0 Å². The van der Waals surface area contributed by atoms with E-state index in [0.717, 1.165) is 25.3 Å². The van der Waals surface area contributed by atoms with Gasteiger partial charge in [-0.1, -0.05) is 13.3 Å². The van der Waals surface area contributed by atoms with Crippen LogP contribution in [0.3, 0.4) is 0 Å². The van der Waals surface area contributed by atoms with Gasteiger partial charge in [0.1, 0.15) is 5.82 Å². The van der Waals surface area contributed by atoms with Crippen LogP contribution in [0.15, 0.2) is 18.2 Å². The maximum atomic E-state index is 13.3. The van der Waals surface area contributed by atoms with Crippen LogP contribution in [0.25, 0.3) is 0 Å². The quantitative estimate of drug-likeness (QED) is 0.656. The molecule has 1 aliphatic carbocycles. The van der Waals surface area contributed by atoms with Gasteiger partial charge in [0, 0.05) is 17.8 Å². The molecule has 1 aromatic rings. The number of nitro benzene ring substituents is 1. The van der Waals surface area contributed by atoms with Gasteiger partial charge in [-0.05, 0) is 31.2 Å². The molecule has 1 aromatic carbocycles. The van der Waals surface area contributed by atoms with E-state index in [0.29, 0.717) is 17.6 Å². The fourth-order valence-corrected chi connectivity index (χ4v) is 2.58. The van der Waals surface area contributed by atoms with Crippen molar-refractivity contribution in [2.45, 2.75) is 38.6 Å². The molecule has 0 heterocycles. The van der Waals surface area contributed by atoms with E-state index in [-0.39, 0.29) is 5.69 Å². The smallest absolute Gasteiger partial charge is 0.274 e. The molecule has 0 spiro atoms. The molecule has 0 bridgehead atoms. The summed E-state index contributed by atoms with van der Waals surface area (Å²) < 4.78 is 13.3. The average Bonchev–Trinajstić information content (AvgIpc) is 2.76. The Kier molecular flexibility index (Phi) is 3.79. The maximum absolute atomic E-state index is 13.3. The number of nitro groups is 1. The van der Waals surface area contributed by atoms with E-state index in [1.807, 2.05) is 0 Å². The molecule has 2 rings (SSSR count). The van der Waals surface area contributed by atoms with Gasteiger partial charge in [-0.2, -0.15) is 0 Å². The third-order valence-electron chi connectivity index (χ3n) is 3.58. The van der Waals surface area contributed by atoms with Crippen LogP contribution in [0, 0.1) is 21.8 Å². The van der Waals surface area contributed by atoms with Gasteiger partial charge in [0.25, 0.3) is 5.69 Å². The molecule has 1 saturated carbocycles. The second-order valence-corrected chi connectivity index (χ2v) is 4.88. The first kappa shape index (κ1) is 12.8. The lowest BCUT2D eigenvalue weighted by Crippen LogP contribution is -2.15. The standard InChI is InChI=1S/C13H17FN2O2/c1-2-9-3-4-11(5-9)15-12-6-10(14)7-13(8-12)16(17)18/h6-9,11,15H,2-5H2,1H3. The number of nitrogens with zero attached hydrogens (tertiary/aromatic N) is 1. The Balaban J connectivity index is 2.07. The Bertz CT molecular complexity index is 451. The lowest BCUT2D eigenvalue weighted by molar-refractivity contribution is -0.385. The highest BCUT2D eigenvalue weighted by Crippen LogP contribution is 2.31. The Hall–Kier alpha value is -1.65. The highest BCUT2D eigenvalue weighted by molar-refractivity contribution is 5.52. The van der Waals surface area contributed by atoms with Crippen molar-refractivity contribution in [3.8, 4) is 0 Å². The van der Waals surface area contributed by atoms with Crippen LogP contribution in [-0.4, -0.2) is 11.0 Å². The van der Waals surface area contributed by atoms with E-state index >= 15 is 0 Å². The van der Waals surface area contributed by atoms with Gasteiger partial charge < -0.3 is 5.32 Å². The number of hydrogen-bond donors (Lipinski definition) is 1. The number of anilines is 1. The van der Waals surface area contributed by atoms with Crippen molar-refractivity contribution in [2.75, 3.05) is 5.32 Å². The topological polar surface area (TPSA) is 55.2 Å². The van der Waals surface area contributed by atoms with Gasteiger partial charge >= 0.3 is 0 Å². The van der Waals surface area contributed by atoms with E-state index in [2.05, 4.69) is 12.2 Å². The lowest BCUT2D eigenvalue weighted by Gasteiger charge is -2.14. The first-order valence-corrected chi connectivity index (χ1v) is 6.30. The Labute approximate surface area is 105 Å². The molecular formula is C13H17FN2O2. The normalized spacial score (nSPS) is 23.0. The van der Waals surface area contributed by atoms with Crippen LogP contribution < -0.4 is 5.32 Å². The minimum Gasteiger partial charge on any atom is -0.382 e. The number of benzene rings is 1. The Morgan fingerprint density at radius 1 is 1.44 bits per heavy atom. The first-order chi connectivity index (χ1) is 8.58. The third kappa shape index (κ3) is 2.97. The highest BCUT2D eigenvalue weighted by atomic mass is 19.1. The Morgan fingerprint density at radius 3 is 2.83 bits per heavy atom. The minimum atomic E-state index is -0.572. The molecule has 98 valence electrons. The molecule has 2 atom stereocenters. The zero-order valence-corrected chi connectivity index (χ0v) is 10.4. The monoisotopic (exact) mass is 252 g/mol. The highest BCUT2D eigenvalue weighted by Gasteiger charge is 2.23. The molecule has 1 fully saturated rings. The summed E-state index contributed by atoms with van der Waals surface area (Å²) in [5.41, 5.74) is 0.297. The van der Waals surface area contributed by atoms with Crippen molar-refractivity contribution in [2.24, 2.45) is 5.92 Å². The van der Waals surface area contributed by atoms with Crippen LogP contribution in [0.2, 0.25) is 0 Å². The van der Waals surface area contributed by atoms with Crippen LogP contribution >= 0.6 is 0 Å². The fraction of sp³-hybridized carbons (Fsp3) is 0.538. The molecule has 0 saturated heterocycles. The van der Waals surface area contributed by atoms with E-state index in [9.17, 15) is 14.5 Å². The van der Waals surface area contributed by atoms with E-state index in [1.165, 1.54) is 18.6 Å². The van der Waals surface area contributed by atoms with Gasteiger partial charge in [0.2, 0.25) is 0 Å². The molecule has 0 aromatic heterocycles. The second-order valence-electron chi connectivity index (χ2n) is 4.88. The number of hydrogen-bond acceptors (Lipinski definition) is 3. The van der Waals surface area contributed by atoms with Crippen molar-refractivity contribution in [1.29, 1.82) is 0 Å². The molecule has 1 aliphatic rings. The second kappa shape index (κ2) is 5.33. The maximum Gasteiger partial charge on any atom is 0.274 e. The van der Waals surface area contributed by atoms with Crippen LogP contribution in [-0.2, 0) is 0 Å². The summed E-state index contributed by atoms with van der Waals surface area (Å²) in [7, 11) is 0. The molecule has 0 amide bonds. The number of non-ortho nitro benzene ring substituents is 1. The summed E-state index contributed by atoms with van der Waals surface area (Å²) in [5, 5.41) is 13.8. The van der Waals surface area contributed by atoms with Gasteiger partial charge in [0.05, 0.1) is 11.0 Å². The zero-order chi connectivity index (χ0) is 13.1. The van der Waals surface area contributed by atoms with Gasteiger partial charge in [-0.15, -0.1) is 0 Å². The lowest BCUT2D eigenvalue weighted by atomic mass is 10.1. The van der Waals surface area contributed by atoms with Crippen molar-refractivity contribution < 1.29 is 9.31 Å². The van der Waals surface area contributed by atoms with Gasteiger partial charge in [0.15, 0.2) is 0 Å². The predicted molar refractivity (Wildman–Crippen MR) is 68.1 cm³/mol. The molecule has 18 heavy (non-hydrogen) atoms. The summed E-state index contributed by atoms with van der Waals surface area (Å²) in [5.74, 6) is 0.141. The van der Waals surface area contributed by atoms with E-state index < -0.39 is 10.7 Å². The third-order valence-corrected chi connectivity index (χ3v) is 3.58. The predicted octanol–water partition coefficient (Wildman–Crippen LogP) is 3.72. The summed E-state index contributed by atoms with van der Waals surface area (Å²) in [6, 6.07) is 3.94. The molecule has 0 aliphatic heterocycles. The number of nitrogens with one attached hydrogen (secondary N) is 1. The SMILES string of the molecule is CCC1CCC(Nc2cc(F)cc([N+](=O)[O-])c2)C1. The Morgan fingerprint density at radius 2 is 2.22 bits per heavy atom. The summed E-state index contributed by atoms with van der Waals surface area (Å²) >= 11 is 0. The van der Waals surface area contributed by atoms with Crippen LogP contribution in [0.5, 0.6) is 0 Å². The molecule has 4 nitrogen and oxygen atoms in total. The minimum absolute atomic E-state index is 0.206. The largest absolute Gasteiger partial charge is 0.382 e. The number of halogens is 1. The summed E-state index contributed by atoms with van der Waals surface area (Å²) in [6.45, 7) is 2.17. The fourth-order valence-electron chi connectivity index (χ4n) is 2.58. The van der Waals surface area contributed by atoms with Crippen LogP contribution in [0.1, 0.15) is 32.6 Å². The van der Waals surface area contributed by atoms with E-state index in [4.69, 9.17) is 0 Å². The van der Waals surface area contributed by atoms with E-state index in [1.54, 1.807) is 0 Å². The van der Waals surface area contributed by atoms with Crippen LogP contribution in [0.4, 0.5) is 15.8 Å². The number of rotatable bonds is 4. The van der Waals surface area contributed by atoms with Gasteiger partial charge in [-0.25, -0.2) is 4.39 Å². The molecular weight excluding hydrogens is 235 g/mol.